The number of aryl methyl sites for hydroxylation is 1. The molecule has 1 aromatic carbocycles. The Kier molecular flexibility index (Phi) is 5.92. The van der Waals surface area contributed by atoms with Gasteiger partial charge < -0.3 is 16.0 Å². The third kappa shape index (κ3) is 4.43. The van der Waals surface area contributed by atoms with Crippen molar-refractivity contribution in [2.45, 2.75) is 25.8 Å². The van der Waals surface area contributed by atoms with Gasteiger partial charge in [-0.3, -0.25) is 14.2 Å². The van der Waals surface area contributed by atoms with Gasteiger partial charge in [0, 0.05) is 13.1 Å². The molecule has 0 saturated heterocycles. The first-order valence-electron chi connectivity index (χ1n) is 7.54. The van der Waals surface area contributed by atoms with Gasteiger partial charge in [-0.2, -0.15) is 0 Å². The summed E-state index contributed by atoms with van der Waals surface area (Å²) in [5.74, 6) is -0.603. The number of nitrogens with one attached hydrogen (secondary N) is 2. The number of halogens is 2. The van der Waals surface area contributed by atoms with Gasteiger partial charge in [0.15, 0.2) is 0 Å². The van der Waals surface area contributed by atoms with Crippen LogP contribution in [0, 0.1) is 0 Å². The lowest BCUT2D eigenvalue weighted by Gasteiger charge is -2.15. The Morgan fingerprint density at radius 1 is 1.32 bits per heavy atom. The van der Waals surface area contributed by atoms with Gasteiger partial charge in [-0.05, 0) is 37.5 Å². The van der Waals surface area contributed by atoms with E-state index < -0.39 is 17.2 Å². The lowest BCUT2D eigenvalue weighted by atomic mass is 10.1. The summed E-state index contributed by atoms with van der Waals surface area (Å²) in [6.45, 7) is 1.81. The molecule has 0 saturated carbocycles. The zero-order chi connectivity index (χ0) is 18.7. The Hall–Kier alpha value is -2.25. The van der Waals surface area contributed by atoms with Crippen LogP contribution in [-0.4, -0.2) is 21.5 Å². The highest BCUT2D eigenvalue weighted by Gasteiger charge is 2.17. The summed E-state index contributed by atoms with van der Waals surface area (Å²) in [5, 5.41) is 3.67. The molecule has 25 heavy (non-hydrogen) atoms. The summed E-state index contributed by atoms with van der Waals surface area (Å²) in [5.41, 5.74) is 4.68. The number of nitrogen functional groups attached to an aromatic ring is 1. The van der Waals surface area contributed by atoms with Gasteiger partial charge in [-0.1, -0.05) is 29.3 Å². The largest absolute Gasteiger partial charge is 0.392 e. The summed E-state index contributed by atoms with van der Waals surface area (Å²) >= 11 is 11.8. The minimum absolute atomic E-state index is 0.214. The summed E-state index contributed by atoms with van der Waals surface area (Å²) in [4.78, 5) is 38.0. The summed E-state index contributed by atoms with van der Waals surface area (Å²) in [6, 6.07) is 5.13. The molecule has 0 aliphatic rings. The van der Waals surface area contributed by atoms with E-state index in [-0.39, 0.29) is 17.4 Å². The number of nitrogens with zero attached hydrogens (tertiary/aromatic N) is 1. The molecule has 1 amide bonds. The maximum absolute atomic E-state index is 12.3. The molecule has 1 atom stereocenters. The van der Waals surface area contributed by atoms with Crippen LogP contribution < -0.4 is 22.3 Å². The number of benzene rings is 1. The molecule has 0 aliphatic carbocycles. The molecule has 2 rings (SSSR count). The zero-order valence-corrected chi connectivity index (χ0v) is 15.2. The molecule has 1 aromatic heterocycles. The van der Waals surface area contributed by atoms with E-state index in [0.29, 0.717) is 22.9 Å². The first-order chi connectivity index (χ1) is 11.7. The summed E-state index contributed by atoms with van der Waals surface area (Å²) < 4.78 is 0.805. The fourth-order valence-corrected chi connectivity index (χ4v) is 2.58. The van der Waals surface area contributed by atoms with Gasteiger partial charge in [0.1, 0.15) is 11.4 Å². The predicted molar refractivity (Wildman–Crippen MR) is 98.4 cm³/mol. The third-order valence-electron chi connectivity index (χ3n) is 3.80. The van der Waals surface area contributed by atoms with E-state index in [2.05, 4.69) is 10.3 Å². The second-order valence-corrected chi connectivity index (χ2v) is 6.56. The van der Waals surface area contributed by atoms with E-state index in [1.807, 2.05) is 13.0 Å². The van der Waals surface area contributed by atoms with Gasteiger partial charge in [0.25, 0.3) is 11.5 Å². The fourth-order valence-electron chi connectivity index (χ4n) is 2.26. The molecule has 2 aromatic rings. The first-order valence-corrected chi connectivity index (χ1v) is 8.30. The van der Waals surface area contributed by atoms with E-state index in [9.17, 15) is 14.4 Å². The molecule has 0 radical (unpaired) electrons. The normalized spacial score (nSPS) is 12.0. The van der Waals surface area contributed by atoms with Gasteiger partial charge in [-0.25, -0.2) is 4.79 Å². The standard InChI is InChI=1S/C16H18Cl2N4O3/c1-8(3-4-9-5-6-10(17)11(18)7-9)20-14(23)13-12(19)15(24)22(2)16(25)21-13/h5-8H,3-4,19H2,1-2H3,(H,20,23)(H,21,25)/t8-/m1/s1. The van der Waals surface area contributed by atoms with Crippen molar-refractivity contribution in [2.75, 3.05) is 5.73 Å². The number of hydrogen-bond acceptors (Lipinski definition) is 4. The van der Waals surface area contributed by atoms with E-state index >= 15 is 0 Å². The number of aromatic amines is 1. The molecule has 9 heteroatoms. The number of nitrogens with two attached hydrogens (primary N) is 1. The van der Waals surface area contributed by atoms with Gasteiger partial charge in [0.2, 0.25) is 0 Å². The Labute approximate surface area is 153 Å². The summed E-state index contributed by atoms with van der Waals surface area (Å²) in [6.07, 6.45) is 1.29. The van der Waals surface area contributed by atoms with Gasteiger partial charge in [0.05, 0.1) is 10.0 Å². The number of H-pyrrole nitrogens is 1. The molecule has 0 fully saturated rings. The highest BCUT2D eigenvalue weighted by molar-refractivity contribution is 6.42. The molecule has 0 bridgehead atoms. The van der Waals surface area contributed by atoms with Crippen LogP contribution in [0.1, 0.15) is 29.4 Å². The molecule has 1 heterocycles. The lowest BCUT2D eigenvalue weighted by Crippen LogP contribution is -2.41. The quantitative estimate of drug-likeness (QED) is 0.728. The van der Waals surface area contributed by atoms with Crippen LogP contribution in [0.25, 0.3) is 0 Å². The number of amides is 1. The monoisotopic (exact) mass is 384 g/mol. The van der Waals surface area contributed by atoms with Crippen LogP contribution in [0.4, 0.5) is 5.69 Å². The van der Waals surface area contributed by atoms with Crippen molar-refractivity contribution < 1.29 is 4.79 Å². The maximum atomic E-state index is 12.3. The van der Waals surface area contributed by atoms with Crippen molar-refractivity contribution in [2.24, 2.45) is 7.05 Å². The van der Waals surface area contributed by atoms with Crippen LogP contribution in [0.15, 0.2) is 27.8 Å². The van der Waals surface area contributed by atoms with Crippen molar-refractivity contribution in [3.63, 3.8) is 0 Å². The molecule has 134 valence electrons. The zero-order valence-electron chi connectivity index (χ0n) is 13.7. The molecule has 4 N–H and O–H groups in total. The van der Waals surface area contributed by atoms with Crippen LogP contribution in [0.2, 0.25) is 10.0 Å². The van der Waals surface area contributed by atoms with Crippen LogP contribution in [0.5, 0.6) is 0 Å². The van der Waals surface area contributed by atoms with Crippen molar-refractivity contribution in [3.05, 3.63) is 60.3 Å². The Bertz CT molecular complexity index is 921. The second kappa shape index (κ2) is 7.76. The average Bonchev–Trinajstić information content (AvgIpc) is 2.57. The number of rotatable bonds is 5. The molecular formula is C16H18Cl2N4O3. The topological polar surface area (TPSA) is 110 Å². The van der Waals surface area contributed by atoms with Crippen molar-refractivity contribution in [3.8, 4) is 0 Å². The molecule has 0 unspecified atom stereocenters. The van der Waals surface area contributed by atoms with Crippen LogP contribution >= 0.6 is 23.2 Å². The molecule has 7 nitrogen and oxygen atoms in total. The lowest BCUT2D eigenvalue weighted by molar-refractivity contribution is 0.0933. The molecule has 0 spiro atoms. The predicted octanol–water partition coefficient (Wildman–Crippen LogP) is 1.71. The maximum Gasteiger partial charge on any atom is 0.328 e. The number of carbonyl (C=O) groups excluding carboxylic acids is 1. The Balaban J connectivity index is 2.04. The number of aromatic nitrogens is 2. The number of hydrogen-bond donors (Lipinski definition) is 3. The highest BCUT2D eigenvalue weighted by atomic mass is 35.5. The number of anilines is 1. The average molecular weight is 385 g/mol. The second-order valence-electron chi connectivity index (χ2n) is 5.74. The molecular weight excluding hydrogens is 367 g/mol. The van der Waals surface area contributed by atoms with E-state index in [0.717, 1.165) is 10.1 Å². The minimum Gasteiger partial charge on any atom is -0.392 e. The van der Waals surface area contributed by atoms with E-state index in [1.165, 1.54) is 7.05 Å². The van der Waals surface area contributed by atoms with Gasteiger partial charge in [-0.15, -0.1) is 0 Å². The van der Waals surface area contributed by atoms with Crippen molar-refractivity contribution in [1.82, 2.24) is 14.9 Å². The van der Waals surface area contributed by atoms with Gasteiger partial charge >= 0.3 is 5.69 Å². The van der Waals surface area contributed by atoms with E-state index in [4.69, 9.17) is 28.9 Å². The summed E-state index contributed by atoms with van der Waals surface area (Å²) in [7, 11) is 1.28. The van der Waals surface area contributed by atoms with Crippen molar-refractivity contribution in [1.29, 1.82) is 0 Å². The van der Waals surface area contributed by atoms with Crippen LogP contribution in [-0.2, 0) is 13.5 Å². The minimum atomic E-state index is -0.711. The Morgan fingerprint density at radius 3 is 2.64 bits per heavy atom. The smallest absolute Gasteiger partial charge is 0.328 e. The van der Waals surface area contributed by atoms with Crippen molar-refractivity contribution >= 4 is 34.8 Å². The third-order valence-corrected chi connectivity index (χ3v) is 4.53. The first kappa shape index (κ1) is 19.1. The molecule has 0 aliphatic heterocycles. The fraction of sp³-hybridized carbons (Fsp3) is 0.312. The van der Waals surface area contributed by atoms with Crippen LogP contribution in [0.3, 0.4) is 0 Å². The highest BCUT2D eigenvalue weighted by Crippen LogP contribution is 2.23. The number of carbonyl (C=O) groups is 1. The van der Waals surface area contributed by atoms with E-state index in [1.54, 1.807) is 12.1 Å². The Morgan fingerprint density at radius 2 is 2.00 bits per heavy atom. The SMILES string of the molecule is C[C@H](CCc1ccc(Cl)c(Cl)c1)NC(=O)c1[nH]c(=O)n(C)c(=O)c1N.